The van der Waals surface area contributed by atoms with Crippen molar-refractivity contribution >= 4 is 28.3 Å². The van der Waals surface area contributed by atoms with Gasteiger partial charge in [-0.1, -0.05) is 18.6 Å². The molecular formula is C16H21N3O4S. The molecule has 0 bridgehead atoms. The maximum Gasteiger partial charge on any atom is 0.229 e. The number of ether oxygens (including phenoxy) is 1. The maximum atomic E-state index is 12.0. The van der Waals surface area contributed by atoms with E-state index >= 15 is 0 Å². The molecule has 2 amide bonds. The first-order chi connectivity index (χ1) is 11.7. The molecule has 1 aromatic heterocycles. The lowest BCUT2D eigenvalue weighted by molar-refractivity contribution is -0.131. The van der Waals surface area contributed by atoms with Crippen LogP contribution in [0.2, 0.25) is 0 Å². The number of aromatic nitrogens is 1. The number of rotatable bonds is 6. The lowest BCUT2D eigenvalue weighted by Crippen LogP contribution is -2.51. The highest BCUT2D eigenvalue weighted by molar-refractivity contribution is 7.13. The number of aliphatic hydroxyl groups is 1. The number of amides is 2. The van der Waals surface area contributed by atoms with Gasteiger partial charge in [-0.3, -0.25) is 9.59 Å². The summed E-state index contributed by atoms with van der Waals surface area (Å²) in [6.45, 7) is -0.218. The Bertz CT molecular complexity index is 600. The first-order valence-corrected chi connectivity index (χ1v) is 8.98. The average molecular weight is 351 g/mol. The third-order valence-corrected chi connectivity index (χ3v) is 5.00. The smallest absolute Gasteiger partial charge is 0.229 e. The van der Waals surface area contributed by atoms with Crippen LogP contribution < -0.4 is 10.6 Å². The Morgan fingerprint density at radius 3 is 2.83 bits per heavy atom. The number of carbonyl (C=O) groups excluding carboxylic acids is 2. The molecule has 1 aromatic rings. The minimum atomic E-state index is -0.545. The molecule has 130 valence electrons. The second kappa shape index (κ2) is 7.87. The molecule has 0 unspecified atom stereocenters. The third kappa shape index (κ3) is 4.19. The SMILES string of the molecule is O=C(C[C@@H]1C=C[C@@H](NC(=O)C2CCC2)[C@@H](CO)O1)Nc1nccs1. The Labute approximate surface area is 144 Å². The van der Waals surface area contributed by atoms with Crippen molar-refractivity contribution in [3.8, 4) is 0 Å². The number of nitrogens with one attached hydrogen (secondary N) is 2. The van der Waals surface area contributed by atoms with Crippen LogP contribution in [0.15, 0.2) is 23.7 Å². The molecule has 2 aliphatic rings. The van der Waals surface area contributed by atoms with E-state index in [1.54, 1.807) is 17.7 Å². The molecule has 0 aromatic carbocycles. The summed E-state index contributed by atoms with van der Waals surface area (Å²) in [7, 11) is 0. The number of hydrogen-bond donors (Lipinski definition) is 3. The summed E-state index contributed by atoms with van der Waals surface area (Å²) in [6.07, 6.45) is 7.29. The summed E-state index contributed by atoms with van der Waals surface area (Å²) in [5.74, 6) is -0.106. The molecule has 3 N–H and O–H groups in total. The van der Waals surface area contributed by atoms with E-state index in [0.29, 0.717) is 5.13 Å². The van der Waals surface area contributed by atoms with Crippen molar-refractivity contribution < 1.29 is 19.4 Å². The Kier molecular flexibility index (Phi) is 5.60. The van der Waals surface area contributed by atoms with E-state index in [4.69, 9.17) is 4.74 Å². The van der Waals surface area contributed by atoms with E-state index in [2.05, 4.69) is 15.6 Å². The number of hydrogen-bond acceptors (Lipinski definition) is 6. The van der Waals surface area contributed by atoms with Gasteiger partial charge >= 0.3 is 0 Å². The van der Waals surface area contributed by atoms with Crippen LogP contribution in [0, 0.1) is 5.92 Å². The monoisotopic (exact) mass is 351 g/mol. The Balaban J connectivity index is 1.52. The fourth-order valence-electron chi connectivity index (χ4n) is 2.73. The Morgan fingerprint density at radius 2 is 2.21 bits per heavy atom. The number of carbonyl (C=O) groups is 2. The van der Waals surface area contributed by atoms with Crippen LogP contribution in [0.25, 0.3) is 0 Å². The van der Waals surface area contributed by atoms with Gasteiger partial charge in [0.1, 0.15) is 6.10 Å². The summed E-state index contributed by atoms with van der Waals surface area (Å²) in [6, 6.07) is -0.360. The van der Waals surface area contributed by atoms with Crippen molar-refractivity contribution in [1.29, 1.82) is 0 Å². The van der Waals surface area contributed by atoms with Crippen LogP contribution in [0.3, 0.4) is 0 Å². The maximum absolute atomic E-state index is 12.0. The predicted molar refractivity (Wildman–Crippen MR) is 89.5 cm³/mol. The van der Waals surface area contributed by atoms with Crippen molar-refractivity contribution in [3.05, 3.63) is 23.7 Å². The zero-order valence-corrected chi connectivity index (χ0v) is 14.0. The zero-order chi connectivity index (χ0) is 16.9. The first kappa shape index (κ1) is 17.1. The molecule has 7 nitrogen and oxygen atoms in total. The average Bonchev–Trinajstić information content (AvgIpc) is 2.99. The summed E-state index contributed by atoms with van der Waals surface area (Å²) in [5, 5.41) is 17.5. The van der Waals surface area contributed by atoms with Crippen molar-refractivity contribution in [3.63, 3.8) is 0 Å². The highest BCUT2D eigenvalue weighted by Crippen LogP contribution is 2.27. The van der Waals surface area contributed by atoms with E-state index in [-0.39, 0.29) is 36.8 Å². The predicted octanol–water partition coefficient (Wildman–Crippen LogP) is 1.07. The molecule has 1 fully saturated rings. The molecule has 0 spiro atoms. The van der Waals surface area contributed by atoms with Crippen molar-refractivity contribution in [2.75, 3.05) is 11.9 Å². The number of nitrogens with zero attached hydrogens (tertiary/aromatic N) is 1. The minimum absolute atomic E-state index is 0.0120. The zero-order valence-electron chi connectivity index (χ0n) is 13.2. The summed E-state index contributed by atoms with van der Waals surface area (Å²) >= 11 is 1.35. The second-order valence-electron chi connectivity index (χ2n) is 6.03. The fourth-order valence-corrected chi connectivity index (χ4v) is 3.27. The van der Waals surface area contributed by atoms with Crippen LogP contribution in [0.5, 0.6) is 0 Å². The van der Waals surface area contributed by atoms with Crippen LogP contribution in [-0.4, -0.2) is 46.8 Å². The van der Waals surface area contributed by atoms with E-state index < -0.39 is 12.2 Å². The fraction of sp³-hybridized carbons (Fsp3) is 0.562. The van der Waals surface area contributed by atoms with E-state index in [1.807, 2.05) is 6.08 Å². The van der Waals surface area contributed by atoms with Gasteiger partial charge in [-0.15, -0.1) is 11.3 Å². The van der Waals surface area contributed by atoms with Gasteiger partial charge < -0.3 is 20.5 Å². The van der Waals surface area contributed by atoms with Gasteiger partial charge in [0, 0.05) is 17.5 Å². The van der Waals surface area contributed by atoms with E-state index in [9.17, 15) is 14.7 Å². The van der Waals surface area contributed by atoms with Gasteiger partial charge in [0.25, 0.3) is 0 Å². The van der Waals surface area contributed by atoms with E-state index in [0.717, 1.165) is 19.3 Å². The van der Waals surface area contributed by atoms with Crippen molar-refractivity contribution in [1.82, 2.24) is 10.3 Å². The number of aliphatic hydroxyl groups excluding tert-OH is 1. The lowest BCUT2D eigenvalue weighted by atomic mass is 9.84. The Morgan fingerprint density at radius 1 is 1.38 bits per heavy atom. The highest BCUT2D eigenvalue weighted by atomic mass is 32.1. The molecule has 0 saturated heterocycles. The van der Waals surface area contributed by atoms with Crippen molar-refractivity contribution in [2.45, 2.75) is 43.9 Å². The van der Waals surface area contributed by atoms with Crippen LogP contribution in [0.1, 0.15) is 25.7 Å². The molecule has 1 aliphatic carbocycles. The van der Waals surface area contributed by atoms with Gasteiger partial charge in [-0.25, -0.2) is 4.98 Å². The largest absolute Gasteiger partial charge is 0.394 e. The summed E-state index contributed by atoms with van der Waals surface area (Å²) < 4.78 is 5.74. The van der Waals surface area contributed by atoms with Crippen molar-refractivity contribution in [2.24, 2.45) is 5.92 Å². The molecule has 3 rings (SSSR count). The number of anilines is 1. The third-order valence-electron chi connectivity index (χ3n) is 4.31. The summed E-state index contributed by atoms with van der Waals surface area (Å²) in [5.41, 5.74) is 0. The standard InChI is InChI=1S/C16H21N3O4S/c20-9-13-12(18-15(22)10-2-1-3-10)5-4-11(23-13)8-14(21)19-16-17-6-7-24-16/h4-7,10-13,20H,1-3,8-9H2,(H,18,22)(H,17,19,21)/t11-,12+,13+/m0/s1. The van der Waals surface area contributed by atoms with Gasteiger partial charge in [0.15, 0.2) is 5.13 Å². The topological polar surface area (TPSA) is 101 Å². The van der Waals surface area contributed by atoms with Gasteiger partial charge in [0.05, 0.1) is 25.2 Å². The molecule has 1 aliphatic heterocycles. The van der Waals surface area contributed by atoms with Gasteiger partial charge in [-0.05, 0) is 12.8 Å². The second-order valence-corrected chi connectivity index (χ2v) is 6.93. The van der Waals surface area contributed by atoms with Crippen LogP contribution in [0.4, 0.5) is 5.13 Å². The first-order valence-electron chi connectivity index (χ1n) is 8.10. The van der Waals surface area contributed by atoms with Gasteiger partial charge in [-0.2, -0.15) is 0 Å². The molecular weight excluding hydrogens is 330 g/mol. The minimum Gasteiger partial charge on any atom is -0.394 e. The van der Waals surface area contributed by atoms with Crippen LogP contribution >= 0.6 is 11.3 Å². The molecule has 2 heterocycles. The molecule has 8 heteroatoms. The molecule has 1 saturated carbocycles. The van der Waals surface area contributed by atoms with Crippen LogP contribution in [-0.2, 0) is 14.3 Å². The molecule has 24 heavy (non-hydrogen) atoms. The van der Waals surface area contributed by atoms with E-state index in [1.165, 1.54) is 11.3 Å². The highest BCUT2D eigenvalue weighted by Gasteiger charge is 2.32. The normalized spacial score (nSPS) is 26.6. The summed E-state index contributed by atoms with van der Waals surface area (Å²) in [4.78, 5) is 28.0. The molecule has 0 radical (unpaired) electrons. The molecule has 3 atom stereocenters. The number of thiazole rings is 1. The lowest BCUT2D eigenvalue weighted by Gasteiger charge is -2.33. The quantitative estimate of drug-likeness (QED) is 0.666. The Hall–Kier alpha value is -1.77. The van der Waals surface area contributed by atoms with Gasteiger partial charge in [0.2, 0.25) is 11.8 Å².